The molecule has 0 N–H and O–H groups in total. The molecule has 2 fully saturated rings. The highest BCUT2D eigenvalue weighted by atomic mass is 16.6. The monoisotopic (exact) mass is 465 g/mol. The Kier molecular flexibility index (Phi) is 5.59. The van der Waals surface area contributed by atoms with Crippen molar-refractivity contribution in [3.8, 4) is 0 Å². The molecule has 2 aromatic rings. The van der Waals surface area contributed by atoms with Crippen molar-refractivity contribution >= 4 is 23.2 Å². The number of rotatable bonds is 3. The summed E-state index contributed by atoms with van der Waals surface area (Å²) < 4.78 is 1.83. The number of fused-ring (bicyclic) bond motifs is 4. The Morgan fingerprint density at radius 1 is 1.00 bits per heavy atom. The minimum absolute atomic E-state index is 0.00127. The number of amides is 2. The molecule has 2 amide bonds. The Morgan fingerprint density at radius 3 is 2.44 bits per heavy atom. The molecule has 2 saturated heterocycles. The Hall–Kier alpha value is -3.69. The first kappa shape index (κ1) is 22.1. The molecular weight excluding hydrogens is 438 g/mol. The fourth-order valence-electron chi connectivity index (χ4n) is 5.57. The molecule has 2 bridgehead atoms. The summed E-state index contributed by atoms with van der Waals surface area (Å²) in [6.07, 6.45) is 0.955. The first-order valence-corrected chi connectivity index (χ1v) is 11.6. The van der Waals surface area contributed by atoms with Crippen molar-refractivity contribution in [2.75, 3.05) is 44.2 Å². The van der Waals surface area contributed by atoms with E-state index in [0.29, 0.717) is 51.5 Å². The predicted octanol–water partition coefficient (Wildman–Crippen LogP) is 1.68. The summed E-state index contributed by atoms with van der Waals surface area (Å²) in [4.78, 5) is 53.7. The molecule has 0 radical (unpaired) electrons. The van der Waals surface area contributed by atoms with Crippen molar-refractivity contribution in [3.05, 3.63) is 68.1 Å². The van der Waals surface area contributed by atoms with Gasteiger partial charge in [-0.3, -0.25) is 24.5 Å². The van der Waals surface area contributed by atoms with E-state index in [1.807, 2.05) is 15.5 Å². The van der Waals surface area contributed by atoms with Crippen LogP contribution in [0.1, 0.15) is 35.3 Å². The molecule has 178 valence electrons. The molecule has 4 heterocycles. The number of aromatic nitrogens is 1. The van der Waals surface area contributed by atoms with E-state index in [1.165, 1.54) is 13.0 Å². The number of nitro groups is 1. The highest BCUT2D eigenvalue weighted by Gasteiger charge is 2.36. The number of benzene rings is 1. The van der Waals surface area contributed by atoms with Gasteiger partial charge in [0.2, 0.25) is 5.91 Å². The summed E-state index contributed by atoms with van der Waals surface area (Å²) in [5.41, 5.74) is 1.68. The van der Waals surface area contributed by atoms with E-state index in [-0.39, 0.29) is 40.5 Å². The number of hydrogen-bond donors (Lipinski definition) is 0. The standard InChI is InChI=1S/C24H27N5O5/c1-16(30)25-7-9-26(10-8-25)24(32)18-5-6-21(22(12-18)29(33)34)27-13-17-11-19(15-27)20-3-2-4-23(31)28(20)14-17/h2-6,12,17,19H,7-11,13-15H2,1H3/t17-,19+/m1/s1. The first-order chi connectivity index (χ1) is 16.3. The third kappa shape index (κ3) is 3.93. The van der Waals surface area contributed by atoms with E-state index in [4.69, 9.17) is 0 Å². The Labute approximate surface area is 196 Å². The van der Waals surface area contributed by atoms with Gasteiger partial charge in [-0.25, -0.2) is 0 Å². The van der Waals surface area contributed by atoms with Crippen molar-refractivity contribution in [3.63, 3.8) is 0 Å². The van der Waals surface area contributed by atoms with E-state index in [1.54, 1.807) is 34.1 Å². The summed E-state index contributed by atoms with van der Waals surface area (Å²) in [5.74, 6) is 0.0669. The van der Waals surface area contributed by atoms with Crippen molar-refractivity contribution < 1.29 is 14.5 Å². The molecule has 0 unspecified atom stereocenters. The lowest BCUT2D eigenvalue weighted by Crippen LogP contribution is -2.50. The van der Waals surface area contributed by atoms with Gasteiger partial charge in [0.1, 0.15) is 5.69 Å². The van der Waals surface area contributed by atoms with Crippen LogP contribution in [0, 0.1) is 16.0 Å². The molecule has 10 heteroatoms. The molecule has 0 aliphatic carbocycles. The second-order valence-corrected chi connectivity index (χ2v) is 9.36. The molecule has 1 aromatic carbocycles. The predicted molar refractivity (Wildman–Crippen MR) is 125 cm³/mol. The van der Waals surface area contributed by atoms with Gasteiger partial charge >= 0.3 is 0 Å². The van der Waals surface area contributed by atoms with Gasteiger partial charge < -0.3 is 19.3 Å². The molecule has 34 heavy (non-hydrogen) atoms. The van der Waals surface area contributed by atoms with E-state index in [9.17, 15) is 24.5 Å². The number of hydrogen-bond acceptors (Lipinski definition) is 6. The second-order valence-electron chi connectivity index (χ2n) is 9.36. The van der Waals surface area contributed by atoms with Crippen molar-refractivity contribution in [1.29, 1.82) is 0 Å². The summed E-state index contributed by atoms with van der Waals surface area (Å²) in [6, 6.07) is 10.0. The third-order valence-corrected chi connectivity index (χ3v) is 7.25. The van der Waals surface area contributed by atoms with Crippen LogP contribution >= 0.6 is 0 Å². The molecule has 2 atom stereocenters. The molecule has 3 aliphatic heterocycles. The minimum Gasteiger partial charge on any atom is -0.365 e. The fraction of sp³-hybridized carbons (Fsp3) is 0.458. The van der Waals surface area contributed by atoms with Gasteiger partial charge in [0, 0.05) is 82.0 Å². The zero-order chi connectivity index (χ0) is 24.0. The van der Waals surface area contributed by atoms with Crippen molar-refractivity contribution in [2.24, 2.45) is 5.92 Å². The van der Waals surface area contributed by atoms with Gasteiger partial charge in [-0.15, -0.1) is 0 Å². The normalized spacial score (nSPS) is 21.7. The van der Waals surface area contributed by atoms with Gasteiger partial charge in [-0.05, 0) is 30.5 Å². The number of nitrogens with zero attached hydrogens (tertiary/aromatic N) is 5. The average Bonchev–Trinajstić information content (AvgIpc) is 2.84. The summed E-state index contributed by atoms with van der Waals surface area (Å²) in [5, 5.41) is 12.0. The molecule has 10 nitrogen and oxygen atoms in total. The highest BCUT2D eigenvalue weighted by Crippen LogP contribution is 2.39. The summed E-state index contributed by atoms with van der Waals surface area (Å²) in [7, 11) is 0. The average molecular weight is 466 g/mol. The zero-order valence-corrected chi connectivity index (χ0v) is 19.1. The van der Waals surface area contributed by atoms with E-state index < -0.39 is 4.92 Å². The largest absolute Gasteiger partial charge is 0.365 e. The van der Waals surface area contributed by atoms with Gasteiger partial charge in [-0.1, -0.05) is 6.07 Å². The quantitative estimate of drug-likeness (QED) is 0.504. The van der Waals surface area contributed by atoms with Crippen molar-refractivity contribution in [1.82, 2.24) is 14.4 Å². The van der Waals surface area contributed by atoms with Crippen molar-refractivity contribution in [2.45, 2.75) is 25.8 Å². The highest BCUT2D eigenvalue weighted by molar-refractivity contribution is 5.96. The van der Waals surface area contributed by atoms with Crippen LogP contribution in [-0.2, 0) is 11.3 Å². The zero-order valence-electron chi connectivity index (χ0n) is 19.1. The number of carbonyl (C=O) groups excluding carboxylic acids is 2. The maximum absolute atomic E-state index is 13.0. The lowest BCUT2D eigenvalue weighted by atomic mass is 9.83. The number of piperazine rings is 1. The topological polar surface area (TPSA) is 109 Å². The van der Waals surface area contributed by atoms with Gasteiger partial charge in [0.05, 0.1) is 4.92 Å². The maximum Gasteiger partial charge on any atom is 0.293 e. The number of anilines is 1. The van der Waals surface area contributed by atoms with Crippen LogP contribution in [-0.4, -0.2) is 70.4 Å². The van der Waals surface area contributed by atoms with Crippen LogP contribution in [0.25, 0.3) is 0 Å². The SMILES string of the molecule is CC(=O)N1CCN(C(=O)c2ccc(N3C[C@H]4C[C@@H](C3)c3cccc(=O)n3C4)c([N+](=O)[O-])c2)CC1. The number of carbonyl (C=O) groups is 2. The lowest BCUT2D eigenvalue weighted by molar-refractivity contribution is -0.384. The van der Waals surface area contributed by atoms with Gasteiger partial charge in [0.15, 0.2) is 0 Å². The molecule has 0 saturated carbocycles. The van der Waals surface area contributed by atoms with Crippen LogP contribution in [0.15, 0.2) is 41.2 Å². The number of nitro benzene ring substituents is 1. The fourth-order valence-corrected chi connectivity index (χ4v) is 5.57. The van der Waals surface area contributed by atoms with Crippen LogP contribution in [0.5, 0.6) is 0 Å². The Morgan fingerprint density at radius 2 is 1.74 bits per heavy atom. The molecule has 0 spiro atoms. The van der Waals surface area contributed by atoms with Crippen LogP contribution in [0.3, 0.4) is 0 Å². The van der Waals surface area contributed by atoms with Crippen LogP contribution in [0.4, 0.5) is 11.4 Å². The summed E-state index contributed by atoms with van der Waals surface area (Å²) in [6.45, 7) is 5.05. The maximum atomic E-state index is 13.0. The molecule has 5 rings (SSSR count). The van der Waals surface area contributed by atoms with E-state index in [0.717, 1.165) is 12.1 Å². The van der Waals surface area contributed by atoms with Crippen LogP contribution in [0.2, 0.25) is 0 Å². The van der Waals surface area contributed by atoms with Gasteiger partial charge in [0.25, 0.3) is 17.2 Å². The van der Waals surface area contributed by atoms with Gasteiger partial charge in [-0.2, -0.15) is 0 Å². The van der Waals surface area contributed by atoms with E-state index >= 15 is 0 Å². The van der Waals surface area contributed by atoms with E-state index in [2.05, 4.69) is 0 Å². The smallest absolute Gasteiger partial charge is 0.293 e. The lowest BCUT2D eigenvalue weighted by Gasteiger charge is -2.43. The minimum atomic E-state index is -0.428. The Balaban J connectivity index is 1.38. The molecule has 3 aliphatic rings. The number of pyridine rings is 1. The second kappa shape index (κ2) is 8.58. The Bertz CT molecular complexity index is 1220. The first-order valence-electron chi connectivity index (χ1n) is 11.6. The van der Waals surface area contributed by atoms with Crippen LogP contribution < -0.4 is 10.5 Å². The third-order valence-electron chi connectivity index (χ3n) is 7.25. The number of piperidine rings is 1. The molecule has 1 aromatic heterocycles. The summed E-state index contributed by atoms with van der Waals surface area (Å²) >= 11 is 0. The molecular formula is C24H27N5O5.